The van der Waals surface area contributed by atoms with E-state index < -0.39 is 11.9 Å². The summed E-state index contributed by atoms with van der Waals surface area (Å²) in [6.45, 7) is 0.313. The number of carbonyl (C=O) groups excluding carboxylic acids is 2. The van der Waals surface area contributed by atoms with Gasteiger partial charge in [-0.15, -0.1) is 0 Å². The third kappa shape index (κ3) is 4.30. The molecule has 0 saturated heterocycles. The first-order valence-electron chi connectivity index (χ1n) is 8.09. The number of nitrogen functional groups attached to an aromatic ring is 1. The fourth-order valence-electron chi connectivity index (χ4n) is 2.74. The zero-order chi connectivity index (χ0) is 18.5. The Morgan fingerprint density at radius 2 is 1.69 bits per heavy atom. The van der Waals surface area contributed by atoms with Crippen molar-refractivity contribution in [3.63, 3.8) is 0 Å². The number of hydrogen-bond acceptors (Lipinski definition) is 4. The van der Waals surface area contributed by atoms with E-state index in [0.717, 1.165) is 16.3 Å². The first-order chi connectivity index (χ1) is 12.5. The number of primary amides is 1. The number of urea groups is 1. The number of rotatable bonds is 5. The van der Waals surface area contributed by atoms with Gasteiger partial charge < -0.3 is 16.2 Å². The number of hydrogen-bond donors (Lipinski definition) is 3. The zero-order valence-electron chi connectivity index (χ0n) is 14.1. The van der Waals surface area contributed by atoms with Crippen molar-refractivity contribution in [1.29, 1.82) is 0 Å². The molecule has 0 aromatic heterocycles. The van der Waals surface area contributed by atoms with Crippen LogP contribution in [0, 0.1) is 0 Å². The Bertz CT molecular complexity index is 969. The van der Waals surface area contributed by atoms with Crippen LogP contribution in [0.3, 0.4) is 0 Å². The lowest BCUT2D eigenvalue weighted by atomic mass is 10.0. The maximum absolute atomic E-state index is 11.9. The topological polar surface area (TPSA) is 107 Å². The van der Waals surface area contributed by atoms with Gasteiger partial charge >= 0.3 is 6.03 Å². The standard InChI is InChI=1S/C20H19N3O3/c21-17-7-3-4-13(8-17)12-26-18-10-15-6-2-1-5-14(15)9-16(18)11-19(24)23-20(22)25/h1-10H,11-12,21H2,(H3,22,23,24,25). The summed E-state index contributed by atoms with van der Waals surface area (Å²) in [4.78, 5) is 22.8. The van der Waals surface area contributed by atoms with E-state index in [4.69, 9.17) is 16.2 Å². The van der Waals surface area contributed by atoms with Crippen molar-refractivity contribution in [2.24, 2.45) is 5.73 Å². The molecule has 0 radical (unpaired) electrons. The largest absolute Gasteiger partial charge is 0.489 e. The highest BCUT2D eigenvalue weighted by Crippen LogP contribution is 2.27. The number of ether oxygens (including phenoxy) is 1. The Hall–Kier alpha value is -3.54. The molecule has 3 rings (SSSR count). The number of anilines is 1. The Labute approximate surface area is 150 Å². The minimum Gasteiger partial charge on any atom is -0.489 e. The van der Waals surface area contributed by atoms with Gasteiger partial charge in [-0.2, -0.15) is 0 Å². The maximum Gasteiger partial charge on any atom is 0.318 e. The lowest BCUT2D eigenvalue weighted by Crippen LogP contribution is -2.36. The quantitative estimate of drug-likeness (QED) is 0.616. The smallest absolute Gasteiger partial charge is 0.318 e. The minimum atomic E-state index is -0.877. The van der Waals surface area contributed by atoms with Crippen LogP contribution >= 0.6 is 0 Å². The number of nitrogens with one attached hydrogen (secondary N) is 1. The summed E-state index contributed by atoms with van der Waals surface area (Å²) < 4.78 is 5.94. The Balaban J connectivity index is 1.89. The fourth-order valence-corrected chi connectivity index (χ4v) is 2.74. The number of carbonyl (C=O) groups is 2. The van der Waals surface area contributed by atoms with Crippen molar-refractivity contribution in [3.05, 3.63) is 71.8 Å². The molecule has 0 heterocycles. The lowest BCUT2D eigenvalue weighted by molar-refractivity contribution is -0.119. The second kappa shape index (κ2) is 7.57. The molecule has 0 fully saturated rings. The van der Waals surface area contributed by atoms with Crippen molar-refractivity contribution >= 4 is 28.4 Å². The molecule has 132 valence electrons. The van der Waals surface area contributed by atoms with Crippen LogP contribution in [-0.4, -0.2) is 11.9 Å². The van der Waals surface area contributed by atoms with Crippen molar-refractivity contribution in [2.45, 2.75) is 13.0 Å². The molecule has 26 heavy (non-hydrogen) atoms. The molecule has 0 aliphatic rings. The highest BCUT2D eigenvalue weighted by atomic mass is 16.5. The lowest BCUT2D eigenvalue weighted by Gasteiger charge is -2.13. The van der Waals surface area contributed by atoms with Gasteiger partial charge in [0.25, 0.3) is 0 Å². The molecule has 3 aromatic carbocycles. The first-order valence-corrected chi connectivity index (χ1v) is 8.09. The molecule has 0 spiro atoms. The second-order valence-electron chi connectivity index (χ2n) is 5.93. The summed E-state index contributed by atoms with van der Waals surface area (Å²) in [6, 6.07) is 18.1. The molecule has 3 amide bonds. The molecular formula is C20H19N3O3. The molecule has 0 aliphatic carbocycles. The summed E-state index contributed by atoms with van der Waals surface area (Å²) in [6.07, 6.45) is -0.0139. The molecule has 0 bridgehead atoms. The third-order valence-corrected chi connectivity index (χ3v) is 3.89. The van der Waals surface area contributed by atoms with Gasteiger partial charge in [-0.3, -0.25) is 10.1 Å². The van der Waals surface area contributed by atoms with Gasteiger partial charge in [-0.25, -0.2) is 4.79 Å². The van der Waals surface area contributed by atoms with E-state index in [1.807, 2.05) is 54.6 Å². The summed E-state index contributed by atoms with van der Waals surface area (Å²) in [5.41, 5.74) is 13.1. The summed E-state index contributed by atoms with van der Waals surface area (Å²) >= 11 is 0. The van der Waals surface area contributed by atoms with Gasteiger partial charge in [0.1, 0.15) is 12.4 Å². The van der Waals surface area contributed by atoms with Crippen LogP contribution in [0.5, 0.6) is 5.75 Å². The van der Waals surface area contributed by atoms with E-state index in [-0.39, 0.29) is 6.42 Å². The molecule has 0 aliphatic heterocycles. The van der Waals surface area contributed by atoms with Gasteiger partial charge in [0.15, 0.2) is 0 Å². The van der Waals surface area contributed by atoms with E-state index in [2.05, 4.69) is 5.32 Å². The molecule has 0 unspecified atom stereocenters. The van der Waals surface area contributed by atoms with Crippen LogP contribution in [0.25, 0.3) is 10.8 Å². The van der Waals surface area contributed by atoms with E-state index in [9.17, 15) is 9.59 Å². The highest BCUT2D eigenvalue weighted by Gasteiger charge is 2.12. The predicted octanol–water partition coefficient (Wildman–Crippen LogP) is 2.74. The summed E-state index contributed by atoms with van der Waals surface area (Å²) in [5.74, 6) is 0.0901. The molecule has 6 heteroatoms. The Kier molecular flexibility index (Phi) is 5.03. The first kappa shape index (κ1) is 17.3. The number of benzene rings is 3. The van der Waals surface area contributed by atoms with Crippen LogP contribution in [-0.2, 0) is 17.8 Å². The molecule has 5 N–H and O–H groups in total. The minimum absolute atomic E-state index is 0.0139. The monoisotopic (exact) mass is 349 g/mol. The van der Waals surface area contributed by atoms with Gasteiger partial charge in [0.2, 0.25) is 5.91 Å². The van der Waals surface area contributed by atoms with Gasteiger partial charge in [-0.05, 0) is 40.6 Å². The molecule has 6 nitrogen and oxygen atoms in total. The van der Waals surface area contributed by atoms with Crippen molar-refractivity contribution in [1.82, 2.24) is 5.32 Å². The van der Waals surface area contributed by atoms with Crippen LogP contribution in [0.1, 0.15) is 11.1 Å². The van der Waals surface area contributed by atoms with E-state index in [1.54, 1.807) is 6.07 Å². The number of nitrogens with two attached hydrogens (primary N) is 2. The molecule has 0 atom stereocenters. The third-order valence-electron chi connectivity index (χ3n) is 3.89. The Morgan fingerprint density at radius 1 is 0.962 bits per heavy atom. The number of fused-ring (bicyclic) bond motifs is 1. The van der Waals surface area contributed by atoms with Crippen molar-refractivity contribution in [3.8, 4) is 5.75 Å². The second-order valence-corrected chi connectivity index (χ2v) is 5.93. The summed E-state index contributed by atoms with van der Waals surface area (Å²) in [5, 5.41) is 4.05. The maximum atomic E-state index is 11.9. The average molecular weight is 349 g/mol. The molecule has 3 aromatic rings. The molecular weight excluding hydrogens is 330 g/mol. The van der Waals surface area contributed by atoms with E-state index in [0.29, 0.717) is 23.6 Å². The fraction of sp³-hybridized carbons (Fsp3) is 0.100. The van der Waals surface area contributed by atoms with Gasteiger partial charge in [-0.1, -0.05) is 36.4 Å². The van der Waals surface area contributed by atoms with Crippen LogP contribution < -0.4 is 21.5 Å². The van der Waals surface area contributed by atoms with Crippen LogP contribution in [0.4, 0.5) is 10.5 Å². The van der Waals surface area contributed by atoms with Gasteiger partial charge in [0, 0.05) is 11.3 Å². The van der Waals surface area contributed by atoms with E-state index in [1.165, 1.54) is 0 Å². The van der Waals surface area contributed by atoms with Gasteiger partial charge in [0.05, 0.1) is 6.42 Å². The molecule has 0 saturated carbocycles. The number of imide groups is 1. The average Bonchev–Trinajstić information content (AvgIpc) is 2.59. The SMILES string of the molecule is NC(=O)NC(=O)Cc1cc2ccccc2cc1OCc1cccc(N)c1. The van der Waals surface area contributed by atoms with Crippen molar-refractivity contribution < 1.29 is 14.3 Å². The van der Waals surface area contributed by atoms with Crippen LogP contribution in [0.2, 0.25) is 0 Å². The predicted molar refractivity (Wildman–Crippen MR) is 101 cm³/mol. The van der Waals surface area contributed by atoms with Crippen molar-refractivity contribution in [2.75, 3.05) is 5.73 Å². The van der Waals surface area contributed by atoms with Crippen LogP contribution in [0.15, 0.2) is 60.7 Å². The zero-order valence-corrected chi connectivity index (χ0v) is 14.1. The normalized spacial score (nSPS) is 10.5. The summed E-state index contributed by atoms with van der Waals surface area (Å²) in [7, 11) is 0. The highest BCUT2D eigenvalue weighted by molar-refractivity contribution is 5.95. The Morgan fingerprint density at radius 3 is 2.38 bits per heavy atom. The van der Waals surface area contributed by atoms with E-state index >= 15 is 0 Å². The number of amides is 3.